The van der Waals surface area contributed by atoms with Crippen molar-refractivity contribution >= 4 is 29.3 Å². The largest absolute Gasteiger partial charge is 0.484 e. The van der Waals surface area contributed by atoms with E-state index >= 15 is 0 Å². The zero-order valence-corrected chi connectivity index (χ0v) is 18.2. The molecule has 1 unspecified atom stereocenters. The summed E-state index contributed by atoms with van der Waals surface area (Å²) in [7, 11) is 3.67. The van der Waals surface area contributed by atoms with Gasteiger partial charge in [0.05, 0.1) is 10.3 Å². The molecule has 0 aliphatic rings. The molecule has 0 radical (unpaired) electrons. The fourth-order valence-electron chi connectivity index (χ4n) is 2.73. The molecule has 0 bridgehead atoms. The highest BCUT2D eigenvalue weighted by atomic mass is 35.5. The van der Waals surface area contributed by atoms with E-state index in [-0.39, 0.29) is 17.8 Å². The van der Waals surface area contributed by atoms with Crippen LogP contribution in [0, 0.1) is 0 Å². The van der Waals surface area contributed by atoms with E-state index in [9.17, 15) is 4.79 Å². The molecule has 2 aromatic carbocycles. The molecular formula is C21H23ClN4O2S. The molecule has 152 valence electrons. The lowest BCUT2D eigenvalue weighted by atomic mass is 10.2. The molecule has 1 amide bonds. The summed E-state index contributed by atoms with van der Waals surface area (Å²) in [6, 6.07) is 17.2. The van der Waals surface area contributed by atoms with E-state index in [4.69, 9.17) is 16.3 Å². The summed E-state index contributed by atoms with van der Waals surface area (Å²) in [4.78, 5) is 14.5. The molecule has 6 nitrogen and oxygen atoms in total. The van der Waals surface area contributed by atoms with Gasteiger partial charge in [-0.05, 0) is 24.6 Å². The van der Waals surface area contributed by atoms with Gasteiger partial charge in [0, 0.05) is 20.6 Å². The smallest absolute Gasteiger partial charge is 0.235 e. The van der Waals surface area contributed by atoms with Crippen molar-refractivity contribution in [1.82, 2.24) is 19.7 Å². The number of aromatic nitrogens is 3. The topological polar surface area (TPSA) is 60.3 Å². The molecule has 1 aromatic heterocycles. The SMILES string of the molecule is CC(Sc1nnc(COc2ccccc2Cl)n1C)C(=O)N(C)Cc1ccccc1. The van der Waals surface area contributed by atoms with Crippen LogP contribution in [0.2, 0.25) is 5.02 Å². The van der Waals surface area contributed by atoms with Gasteiger partial charge in [-0.3, -0.25) is 4.79 Å². The molecule has 29 heavy (non-hydrogen) atoms. The lowest BCUT2D eigenvalue weighted by Gasteiger charge is -2.21. The molecule has 0 saturated carbocycles. The number of carbonyl (C=O) groups excluding carboxylic acids is 1. The molecule has 1 heterocycles. The van der Waals surface area contributed by atoms with Gasteiger partial charge in [0.1, 0.15) is 12.4 Å². The van der Waals surface area contributed by atoms with E-state index < -0.39 is 0 Å². The maximum absolute atomic E-state index is 12.7. The van der Waals surface area contributed by atoms with Crippen LogP contribution in [-0.2, 0) is 25.0 Å². The number of ether oxygens (including phenoxy) is 1. The predicted octanol–water partition coefficient (Wildman–Crippen LogP) is 4.19. The van der Waals surface area contributed by atoms with E-state index in [1.54, 1.807) is 17.0 Å². The zero-order valence-electron chi connectivity index (χ0n) is 16.6. The van der Waals surface area contributed by atoms with Crippen LogP contribution < -0.4 is 4.74 Å². The van der Waals surface area contributed by atoms with Crippen LogP contribution in [0.1, 0.15) is 18.3 Å². The van der Waals surface area contributed by atoms with Gasteiger partial charge in [-0.2, -0.15) is 0 Å². The lowest BCUT2D eigenvalue weighted by molar-refractivity contribution is -0.129. The van der Waals surface area contributed by atoms with Crippen molar-refractivity contribution < 1.29 is 9.53 Å². The molecule has 0 saturated heterocycles. The lowest BCUT2D eigenvalue weighted by Crippen LogP contribution is -2.32. The molecule has 0 aliphatic heterocycles. The van der Waals surface area contributed by atoms with Crippen molar-refractivity contribution in [2.45, 2.75) is 30.5 Å². The minimum atomic E-state index is -0.288. The fourth-order valence-corrected chi connectivity index (χ4v) is 3.87. The van der Waals surface area contributed by atoms with Crippen LogP contribution in [-0.4, -0.2) is 37.9 Å². The number of hydrogen-bond donors (Lipinski definition) is 0. The first-order valence-corrected chi connectivity index (χ1v) is 10.4. The number of thioether (sulfide) groups is 1. The molecule has 0 N–H and O–H groups in total. The van der Waals surface area contributed by atoms with Gasteiger partial charge in [0.25, 0.3) is 0 Å². The molecule has 8 heteroatoms. The Labute approximate surface area is 179 Å². The van der Waals surface area contributed by atoms with Gasteiger partial charge in [0.15, 0.2) is 11.0 Å². The Morgan fingerprint density at radius 3 is 2.59 bits per heavy atom. The highest BCUT2D eigenvalue weighted by Gasteiger charge is 2.22. The van der Waals surface area contributed by atoms with Crippen LogP contribution in [0.3, 0.4) is 0 Å². The highest BCUT2D eigenvalue weighted by molar-refractivity contribution is 8.00. The van der Waals surface area contributed by atoms with E-state index in [1.807, 2.05) is 68.1 Å². The molecule has 3 rings (SSSR count). The number of rotatable bonds is 8. The summed E-state index contributed by atoms with van der Waals surface area (Å²) in [6.45, 7) is 2.69. The van der Waals surface area contributed by atoms with Crippen LogP contribution in [0.25, 0.3) is 0 Å². The van der Waals surface area contributed by atoms with E-state index in [1.165, 1.54) is 11.8 Å². The van der Waals surface area contributed by atoms with Crippen molar-refractivity contribution in [3.63, 3.8) is 0 Å². The van der Waals surface area contributed by atoms with Crippen molar-refractivity contribution in [3.05, 3.63) is 71.0 Å². The second-order valence-electron chi connectivity index (χ2n) is 6.62. The molecule has 1 atom stereocenters. The first-order chi connectivity index (χ1) is 14.0. The maximum Gasteiger partial charge on any atom is 0.235 e. The number of halogens is 1. The summed E-state index contributed by atoms with van der Waals surface area (Å²) >= 11 is 7.49. The van der Waals surface area contributed by atoms with E-state index in [2.05, 4.69) is 10.2 Å². The Kier molecular flexibility index (Phi) is 7.17. The molecule has 0 aliphatic carbocycles. The van der Waals surface area contributed by atoms with Gasteiger partial charge >= 0.3 is 0 Å². The number of hydrogen-bond acceptors (Lipinski definition) is 5. The van der Waals surface area contributed by atoms with Crippen molar-refractivity contribution in [2.24, 2.45) is 7.05 Å². The van der Waals surface area contributed by atoms with Gasteiger partial charge in [-0.15, -0.1) is 10.2 Å². The van der Waals surface area contributed by atoms with Gasteiger partial charge in [0.2, 0.25) is 5.91 Å². The summed E-state index contributed by atoms with van der Waals surface area (Å²) < 4.78 is 7.57. The first-order valence-electron chi connectivity index (χ1n) is 9.17. The Morgan fingerprint density at radius 1 is 1.17 bits per heavy atom. The molecular weight excluding hydrogens is 408 g/mol. The van der Waals surface area contributed by atoms with Crippen LogP contribution >= 0.6 is 23.4 Å². The van der Waals surface area contributed by atoms with Crippen molar-refractivity contribution in [2.75, 3.05) is 7.05 Å². The normalized spacial score (nSPS) is 11.9. The molecule has 3 aromatic rings. The Morgan fingerprint density at radius 2 is 1.86 bits per heavy atom. The van der Waals surface area contributed by atoms with Gasteiger partial charge in [-0.1, -0.05) is 65.8 Å². The van der Waals surface area contributed by atoms with Gasteiger partial charge < -0.3 is 14.2 Å². The minimum Gasteiger partial charge on any atom is -0.484 e. The Bertz CT molecular complexity index is 964. The second-order valence-corrected chi connectivity index (χ2v) is 8.33. The Hall–Kier alpha value is -2.51. The first kappa shape index (κ1) is 21.2. The standard InChI is InChI=1S/C21H23ClN4O2S/c1-15(20(27)25(2)13-16-9-5-4-6-10-16)29-21-24-23-19(26(21)3)14-28-18-12-8-7-11-17(18)22/h4-12,15H,13-14H2,1-3H3. The van der Waals surface area contributed by atoms with Crippen LogP contribution in [0.15, 0.2) is 59.8 Å². The van der Waals surface area contributed by atoms with Crippen LogP contribution in [0.4, 0.5) is 0 Å². The number of para-hydroxylation sites is 1. The average Bonchev–Trinajstić information content (AvgIpc) is 3.07. The van der Waals surface area contributed by atoms with Gasteiger partial charge in [-0.25, -0.2) is 0 Å². The minimum absolute atomic E-state index is 0.0377. The quantitative estimate of drug-likeness (QED) is 0.501. The third-order valence-electron chi connectivity index (χ3n) is 4.39. The number of amides is 1. The van der Waals surface area contributed by atoms with Crippen LogP contribution in [0.5, 0.6) is 5.75 Å². The fraction of sp³-hybridized carbons (Fsp3) is 0.286. The predicted molar refractivity (Wildman–Crippen MR) is 115 cm³/mol. The monoisotopic (exact) mass is 430 g/mol. The highest BCUT2D eigenvalue weighted by Crippen LogP contribution is 2.26. The summed E-state index contributed by atoms with van der Waals surface area (Å²) in [5.41, 5.74) is 1.10. The third-order valence-corrected chi connectivity index (χ3v) is 5.82. The number of carbonyl (C=O) groups is 1. The number of benzene rings is 2. The summed E-state index contributed by atoms with van der Waals surface area (Å²) in [5.74, 6) is 1.29. The second kappa shape index (κ2) is 9.80. The van der Waals surface area contributed by atoms with E-state index in [0.717, 1.165) is 5.56 Å². The Balaban J connectivity index is 1.58. The summed E-state index contributed by atoms with van der Waals surface area (Å²) in [5, 5.41) is 9.31. The van der Waals surface area contributed by atoms with Crippen molar-refractivity contribution in [3.8, 4) is 5.75 Å². The summed E-state index contributed by atoms with van der Waals surface area (Å²) in [6.07, 6.45) is 0. The van der Waals surface area contributed by atoms with E-state index in [0.29, 0.717) is 28.3 Å². The number of nitrogens with zero attached hydrogens (tertiary/aromatic N) is 4. The maximum atomic E-state index is 12.7. The van der Waals surface area contributed by atoms with Crippen molar-refractivity contribution in [1.29, 1.82) is 0 Å². The molecule has 0 fully saturated rings. The zero-order chi connectivity index (χ0) is 20.8. The third kappa shape index (κ3) is 5.52. The molecule has 0 spiro atoms. The average molecular weight is 431 g/mol.